The van der Waals surface area contributed by atoms with Crippen molar-refractivity contribution in [1.82, 2.24) is 5.32 Å². The summed E-state index contributed by atoms with van der Waals surface area (Å²) in [6.07, 6.45) is 2.42. The normalized spacial score (nSPS) is 11.9. The molecule has 1 rings (SSSR count). The van der Waals surface area contributed by atoms with Crippen molar-refractivity contribution in [3.8, 4) is 0 Å². The Balaban J connectivity index is 3.05. The minimum absolute atomic E-state index is 0.337. The molecule has 0 amide bonds. The number of hydrogen-bond acceptors (Lipinski definition) is 1. The van der Waals surface area contributed by atoms with Gasteiger partial charge in [-0.2, -0.15) is 0 Å². The van der Waals surface area contributed by atoms with E-state index in [0.717, 1.165) is 24.1 Å². The second kappa shape index (κ2) is 5.70. The van der Waals surface area contributed by atoms with Gasteiger partial charge in [0.05, 0.1) is 0 Å². The highest BCUT2D eigenvalue weighted by Gasteiger charge is 2.09. The SMILES string of the molecule is CCC(=Cc1cc(F)c(F)c(F)c1)CNC. The quantitative estimate of drug-likeness (QED) is 0.782. The first-order valence-corrected chi connectivity index (χ1v) is 5.07. The molecule has 1 N–H and O–H groups in total. The third kappa shape index (κ3) is 3.10. The van der Waals surface area contributed by atoms with Crippen LogP contribution in [0.4, 0.5) is 13.2 Å². The lowest BCUT2D eigenvalue weighted by Gasteiger charge is -2.04. The Bertz CT molecular complexity index is 376. The van der Waals surface area contributed by atoms with Crippen LogP contribution in [-0.4, -0.2) is 13.6 Å². The Kier molecular flexibility index (Phi) is 4.55. The molecule has 0 fully saturated rings. The highest BCUT2D eigenvalue weighted by molar-refractivity contribution is 5.53. The van der Waals surface area contributed by atoms with Crippen LogP contribution in [0.5, 0.6) is 0 Å². The molecule has 0 aliphatic rings. The molecule has 1 nitrogen and oxygen atoms in total. The molecule has 88 valence electrons. The third-order valence-corrected chi connectivity index (χ3v) is 2.23. The first kappa shape index (κ1) is 12.8. The van der Waals surface area contributed by atoms with E-state index in [2.05, 4.69) is 5.32 Å². The van der Waals surface area contributed by atoms with Gasteiger partial charge < -0.3 is 5.32 Å². The average molecular weight is 229 g/mol. The fourth-order valence-corrected chi connectivity index (χ4v) is 1.40. The molecule has 0 bridgehead atoms. The Morgan fingerprint density at radius 2 is 1.81 bits per heavy atom. The van der Waals surface area contributed by atoms with Gasteiger partial charge in [-0.3, -0.25) is 0 Å². The van der Waals surface area contributed by atoms with Crippen molar-refractivity contribution in [1.29, 1.82) is 0 Å². The zero-order valence-electron chi connectivity index (χ0n) is 9.28. The predicted octanol–water partition coefficient (Wildman–Crippen LogP) is 3.12. The van der Waals surface area contributed by atoms with Crippen molar-refractivity contribution in [2.75, 3.05) is 13.6 Å². The lowest BCUT2D eigenvalue weighted by molar-refractivity contribution is 0.447. The number of hydrogen-bond donors (Lipinski definition) is 1. The van der Waals surface area contributed by atoms with E-state index < -0.39 is 17.5 Å². The molecular weight excluding hydrogens is 215 g/mol. The van der Waals surface area contributed by atoms with Gasteiger partial charge in [0.2, 0.25) is 0 Å². The topological polar surface area (TPSA) is 12.0 Å². The molecule has 0 unspecified atom stereocenters. The molecule has 1 aromatic carbocycles. The second-order valence-electron chi connectivity index (χ2n) is 3.49. The van der Waals surface area contributed by atoms with E-state index in [1.807, 2.05) is 6.92 Å². The maximum absolute atomic E-state index is 12.9. The van der Waals surface area contributed by atoms with Crippen LogP contribution in [0.1, 0.15) is 18.9 Å². The second-order valence-corrected chi connectivity index (χ2v) is 3.49. The lowest BCUT2D eigenvalue weighted by Crippen LogP contribution is -2.09. The van der Waals surface area contributed by atoms with Crippen LogP contribution in [-0.2, 0) is 0 Å². The van der Waals surface area contributed by atoms with Gasteiger partial charge in [-0.25, -0.2) is 13.2 Å². The largest absolute Gasteiger partial charge is 0.316 e. The Morgan fingerprint density at radius 3 is 2.25 bits per heavy atom. The number of halogens is 3. The molecule has 0 saturated heterocycles. The van der Waals surface area contributed by atoms with Crippen LogP contribution >= 0.6 is 0 Å². The summed E-state index contributed by atoms with van der Waals surface area (Å²) in [6.45, 7) is 2.58. The summed E-state index contributed by atoms with van der Waals surface area (Å²) >= 11 is 0. The van der Waals surface area contributed by atoms with Gasteiger partial charge in [-0.05, 0) is 31.2 Å². The van der Waals surface area contributed by atoms with E-state index in [-0.39, 0.29) is 0 Å². The highest BCUT2D eigenvalue weighted by Crippen LogP contribution is 2.16. The summed E-state index contributed by atoms with van der Waals surface area (Å²) in [6, 6.07) is 1.98. The van der Waals surface area contributed by atoms with E-state index in [9.17, 15) is 13.2 Å². The summed E-state index contributed by atoms with van der Waals surface area (Å²) in [5.74, 6) is -3.75. The van der Waals surface area contributed by atoms with E-state index in [1.165, 1.54) is 0 Å². The molecule has 0 aliphatic carbocycles. The van der Waals surface area contributed by atoms with Crippen molar-refractivity contribution in [2.45, 2.75) is 13.3 Å². The summed E-state index contributed by atoms with van der Waals surface area (Å²) < 4.78 is 38.5. The number of likely N-dealkylation sites (N-methyl/N-ethyl adjacent to an activating group) is 1. The Hall–Kier alpha value is -1.29. The zero-order chi connectivity index (χ0) is 12.1. The minimum Gasteiger partial charge on any atom is -0.316 e. The molecule has 0 saturated carbocycles. The smallest absolute Gasteiger partial charge is 0.194 e. The summed E-state index contributed by atoms with van der Waals surface area (Å²) in [5, 5.41) is 2.95. The van der Waals surface area contributed by atoms with Crippen molar-refractivity contribution in [3.63, 3.8) is 0 Å². The van der Waals surface area contributed by atoms with Crippen LogP contribution in [0.25, 0.3) is 6.08 Å². The van der Waals surface area contributed by atoms with Crippen LogP contribution in [0.15, 0.2) is 17.7 Å². The van der Waals surface area contributed by atoms with Crippen LogP contribution < -0.4 is 5.32 Å². The summed E-state index contributed by atoms with van der Waals surface area (Å²) in [4.78, 5) is 0. The maximum atomic E-state index is 12.9. The zero-order valence-corrected chi connectivity index (χ0v) is 9.28. The number of rotatable bonds is 4. The standard InChI is InChI=1S/C12H14F3N/c1-3-8(7-16-2)4-9-5-10(13)12(15)11(14)6-9/h4-6,16H,3,7H2,1-2H3. The summed E-state index contributed by atoms with van der Waals surface area (Å²) in [5.41, 5.74) is 1.33. The Morgan fingerprint density at radius 1 is 1.25 bits per heavy atom. The Labute approximate surface area is 93.0 Å². The van der Waals surface area contributed by atoms with Gasteiger partial charge in [0.1, 0.15) is 0 Å². The highest BCUT2D eigenvalue weighted by atomic mass is 19.2. The van der Waals surface area contributed by atoms with Crippen molar-refractivity contribution in [3.05, 3.63) is 40.7 Å². The van der Waals surface area contributed by atoms with E-state index in [4.69, 9.17) is 0 Å². The van der Waals surface area contributed by atoms with Crippen LogP contribution in [0.3, 0.4) is 0 Å². The van der Waals surface area contributed by atoms with Crippen molar-refractivity contribution < 1.29 is 13.2 Å². The van der Waals surface area contributed by atoms with Crippen molar-refractivity contribution >= 4 is 6.08 Å². The first-order chi connectivity index (χ1) is 7.58. The molecule has 0 spiro atoms. The molecule has 4 heteroatoms. The number of benzene rings is 1. The molecule has 0 radical (unpaired) electrons. The van der Waals surface area contributed by atoms with Crippen molar-refractivity contribution in [2.24, 2.45) is 0 Å². The monoisotopic (exact) mass is 229 g/mol. The van der Waals surface area contributed by atoms with Crippen LogP contribution in [0, 0.1) is 17.5 Å². The first-order valence-electron chi connectivity index (χ1n) is 5.07. The number of nitrogens with one attached hydrogen (secondary N) is 1. The molecule has 16 heavy (non-hydrogen) atoms. The lowest BCUT2D eigenvalue weighted by atomic mass is 10.1. The molecule has 0 heterocycles. The molecule has 0 atom stereocenters. The van der Waals surface area contributed by atoms with Gasteiger partial charge in [0, 0.05) is 6.54 Å². The molecular formula is C12H14F3N. The van der Waals surface area contributed by atoms with Gasteiger partial charge >= 0.3 is 0 Å². The fourth-order valence-electron chi connectivity index (χ4n) is 1.40. The average Bonchev–Trinajstić information content (AvgIpc) is 2.25. The van der Waals surface area contributed by atoms with E-state index >= 15 is 0 Å². The van der Waals surface area contributed by atoms with Gasteiger partial charge in [0.25, 0.3) is 0 Å². The van der Waals surface area contributed by atoms with Gasteiger partial charge in [-0.1, -0.05) is 18.6 Å². The molecule has 0 aliphatic heterocycles. The van der Waals surface area contributed by atoms with Crippen LogP contribution in [0.2, 0.25) is 0 Å². The molecule has 1 aromatic rings. The van der Waals surface area contributed by atoms with E-state index in [1.54, 1.807) is 13.1 Å². The molecule has 0 aromatic heterocycles. The summed E-state index contributed by atoms with van der Waals surface area (Å²) in [7, 11) is 1.79. The fraction of sp³-hybridized carbons (Fsp3) is 0.333. The maximum Gasteiger partial charge on any atom is 0.194 e. The predicted molar refractivity (Wildman–Crippen MR) is 58.5 cm³/mol. The third-order valence-electron chi connectivity index (χ3n) is 2.23. The minimum atomic E-state index is -1.43. The van der Waals surface area contributed by atoms with Gasteiger partial charge in [0.15, 0.2) is 17.5 Å². The van der Waals surface area contributed by atoms with E-state index in [0.29, 0.717) is 12.1 Å². The van der Waals surface area contributed by atoms with Gasteiger partial charge in [-0.15, -0.1) is 0 Å².